The van der Waals surface area contributed by atoms with Crippen molar-refractivity contribution < 1.29 is 4.42 Å². The molecule has 0 fully saturated rings. The van der Waals surface area contributed by atoms with Crippen molar-refractivity contribution in [1.29, 1.82) is 0 Å². The monoisotopic (exact) mass is 369 g/mol. The second-order valence-electron chi connectivity index (χ2n) is 4.46. The maximum absolute atomic E-state index is 6.24. The number of hydrogen-bond donors (Lipinski definition) is 1. The highest BCUT2D eigenvalue weighted by atomic mass is 79.9. The molecule has 1 atom stereocenters. The number of nitrogens with two attached hydrogens (primary N) is 1. The highest BCUT2D eigenvalue weighted by molar-refractivity contribution is 9.10. The van der Waals surface area contributed by atoms with E-state index in [2.05, 4.69) is 15.9 Å². The van der Waals surface area contributed by atoms with Crippen LogP contribution in [0.3, 0.4) is 0 Å². The average molecular weight is 371 g/mol. The van der Waals surface area contributed by atoms with Crippen LogP contribution in [-0.2, 0) is 0 Å². The van der Waals surface area contributed by atoms with Crippen LogP contribution in [0.15, 0.2) is 51.4 Å². The Kier molecular flexibility index (Phi) is 3.78. The largest absolute Gasteiger partial charge is 0.457 e. The standard InChI is InChI=1S/C15H10BrCl2NO/c16-10-5-4-8(6-12(10)18)14(19)13-7-9-2-1-3-11(17)15(9)20-13/h1-7,14H,19H2. The Balaban J connectivity index is 2.05. The quantitative estimate of drug-likeness (QED) is 0.642. The van der Waals surface area contributed by atoms with Gasteiger partial charge in [-0.05, 0) is 45.8 Å². The number of halogens is 3. The summed E-state index contributed by atoms with van der Waals surface area (Å²) in [5.74, 6) is 0.659. The lowest BCUT2D eigenvalue weighted by Crippen LogP contribution is -2.10. The number of furan rings is 1. The predicted molar refractivity (Wildman–Crippen MR) is 86.4 cm³/mol. The van der Waals surface area contributed by atoms with E-state index in [1.807, 2.05) is 36.4 Å². The van der Waals surface area contributed by atoms with Crippen LogP contribution in [0.1, 0.15) is 17.4 Å². The van der Waals surface area contributed by atoms with E-state index in [4.69, 9.17) is 33.4 Å². The second-order valence-corrected chi connectivity index (χ2v) is 6.13. The van der Waals surface area contributed by atoms with Gasteiger partial charge in [0.2, 0.25) is 0 Å². The van der Waals surface area contributed by atoms with Gasteiger partial charge < -0.3 is 10.2 Å². The van der Waals surface area contributed by atoms with Gasteiger partial charge in [0, 0.05) is 9.86 Å². The summed E-state index contributed by atoms with van der Waals surface area (Å²) in [6, 6.07) is 12.7. The molecule has 102 valence electrons. The van der Waals surface area contributed by atoms with E-state index in [0.29, 0.717) is 21.4 Å². The first-order chi connectivity index (χ1) is 9.56. The molecule has 0 aliphatic rings. The first-order valence-electron chi connectivity index (χ1n) is 5.95. The molecule has 0 spiro atoms. The van der Waals surface area contributed by atoms with E-state index in [0.717, 1.165) is 15.4 Å². The molecular weight excluding hydrogens is 361 g/mol. The topological polar surface area (TPSA) is 39.2 Å². The number of para-hydroxylation sites is 1. The summed E-state index contributed by atoms with van der Waals surface area (Å²) in [5, 5.41) is 2.13. The highest BCUT2D eigenvalue weighted by Crippen LogP contribution is 2.32. The minimum absolute atomic E-state index is 0.385. The fraction of sp³-hybridized carbons (Fsp3) is 0.0667. The molecule has 3 aromatic rings. The summed E-state index contributed by atoms with van der Waals surface area (Å²) >= 11 is 15.6. The maximum atomic E-state index is 6.24. The SMILES string of the molecule is NC(c1ccc(Br)c(Cl)c1)c1cc2cccc(Cl)c2o1. The minimum Gasteiger partial charge on any atom is -0.457 e. The van der Waals surface area contributed by atoms with Gasteiger partial charge in [-0.3, -0.25) is 0 Å². The predicted octanol–water partition coefficient (Wildman–Crippen LogP) is 5.55. The van der Waals surface area contributed by atoms with Gasteiger partial charge in [-0.1, -0.05) is 41.4 Å². The zero-order valence-corrected chi connectivity index (χ0v) is 13.3. The Morgan fingerprint density at radius 2 is 1.85 bits per heavy atom. The van der Waals surface area contributed by atoms with Crippen LogP contribution in [0, 0.1) is 0 Å². The first-order valence-corrected chi connectivity index (χ1v) is 7.49. The summed E-state index contributed by atoms with van der Waals surface area (Å²) in [5.41, 5.74) is 7.78. The Hall–Kier alpha value is -1.00. The fourth-order valence-electron chi connectivity index (χ4n) is 2.07. The summed E-state index contributed by atoms with van der Waals surface area (Å²) in [6.45, 7) is 0. The van der Waals surface area contributed by atoms with Gasteiger partial charge in [-0.25, -0.2) is 0 Å². The van der Waals surface area contributed by atoms with Crippen LogP contribution in [0.25, 0.3) is 11.0 Å². The maximum Gasteiger partial charge on any atom is 0.152 e. The zero-order chi connectivity index (χ0) is 14.3. The third-order valence-corrected chi connectivity index (χ3v) is 4.65. The first kappa shape index (κ1) is 14.0. The molecule has 20 heavy (non-hydrogen) atoms. The Labute approximate surface area is 134 Å². The molecule has 0 bridgehead atoms. The molecule has 2 aromatic carbocycles. The molecule has 0 radical (unpaired) electrons. The molecule has 2 nitrogen and oxygen atoms in total. The smallest absolute Gasteiger partial charge is 0.152 e. The molecule has 1 unspecified atom stereocenters. The van der Waals surface area contributed by atoms with Crippen molar-refractivity contribution in [1.82, 2.24) is 0 Å². The second kappa shape index (κ2) is 5.41. The lowest BCUT2D eigenvalue weighted by atomic mass is 10.1. The van der Waals surface area contributed by atoms with Crippen LogP contribution in [0.5, 0.6) is 0 Å². The number of benzene rings is 2. The van der Waals surface area contributed by atoms with Crippen LogP contribution >= 0.6 is 39.1 Å². The van der Waals surface area contributed by atoms with Gasteiger partial charge in [-0.15, -0.1) is 0 Å². The van der Waals surface area contributed by atoms with Crippen LogP contribution in [-0.4, -0.2) is 0 Å². The van der Waals surface area contributed by atoms with Crippen LogP contribution in [0.4, 0.5) is 0 Å². The van der Waals surface area contributed by atoms with E-state index in [1.165, 1.54) is 0 Å². The molecule has 1 aromatic heterocycles. The third kappa shape index (κ3) is 2.47. The van der Waals surface area contributed by atoms with Gasteiger partial charge in [0.05, 0.1) is 16.1 Å². The molecular formula is C15H10BrCl2NO. The van der Waals surface area contributed by atoms with Crippen molar-refractivity contribution in [3.8, 4) is 0 Å². The summed E-state index contributed by atoms with van der Waals surface area (Å²) < 4.78 is 6.61. The van der Waals surface area contributed by atoms with E-state index in [-0.39, 0.29) is 6.04 Å². The lowest BCUT2D eigenvalue weighted by molar-refractivity contribution is 0.525. The van der Waals surface area contributed by atoms with E-state index in [1.54, 1.807) is 6.07 Å². The number of hydrogen-bond acceptors (Lipinski definition) is 2. The van der Waals surface area contributed by atoms with E-state index >= 15 is 0 Å². The molecule has 1 heterocycles. The van der Waals surface area contributed by atoms with Crippen molar-refractivity contribution in [2.24, 2.45) is 5.73 Å². The molecule has 0 saturated carbocycles. The summed E-state index contributed by atoms with van der Waals surface area (Å²) in [7, 11) is 0. The fourth-order valence-corrected chi connectivity index (χ4v) is 2.73. The van der Waals surface area contributed by atoms with Crippen molar-refractivity contribution in [2.75, 3.05) is 0 Å². The van der Waals surface area contributed by atoms with Gasteiger partial charge in [0.25, 0.3) is 0 Å². The molecule has 0 aliphatic heterocycles. The molecule has 0 aliphatic carbocycles. The average Bonchev–Trinajstić information content (AvgIpc) is 2.86. The van der Waals surface area contributed by atoms with Crippen molar-refractivity contribution >= 4 is 50.1 Å². The zero-order valence-electron chi connectivity index (χ0n) is 10.2. The van der Waals surface area contributed by atoms with Gasteiger partial charge in [-0.2, -0.15) is 0 Å². The Bertz CT molecular complexity index is 785. The van der Waals surface area contributed by atoms with Crippen LogP contribution < -0.4 is 5.73 Å². The molecule has 5 heteroatoms. The molecule has 2 N–H and O–H groups in total. The van der Waals surface area contributed by atoms with Gasteiger partial charge in [0.15, 0.2) is 5.58 Å². The molecule has 3 rings (SSSR count). The van der Waals surface area contributed by atoms with Crippen LogP contribution in [0.2, 0.25) is 10.0 Å². The summed E-state index contributed by atoms with van der Waals surface area (Å²) in [6.07, 6.45) is 0. The van der Waals surface area contributed by atoms with Gasteiger partial charge >= 0.3 is 0 Å². The third-order valence-electron chi connectivity index (χ3n) is 3.12. The van der Waals surface area contributed by atoms with E-state index < -0.39 is 0 Å². The lowest BCUT2D eigenvalue weighted by Gasteiger charge is -2.10. The van der Waals surface area contributed by atoms with Crippen molar-refractivity contribution in [3.63, 3.8) is 0 Å². The minimum atomic E-state index is -0.385. The number of fused-ring (bicyclic) bond motifs is 1. The number of rotatable bonds is 2. The Morgan fingerprint density at radius 3 is 2.55 bits per heavy atom. The van der Waals surface area contributed by atoms with E-state index in [9.17, 15) is 0 Å². The van der Waals surface area contributed by atoms with Gasteiger partial charge in [0.1, 0.15) is 5.76 Å². The summed E-state index contributed by atoms with van der Waals surface area (Å²) in [4.78, 5) is 0. The Morgan fingerprint density at radius 1 is 1.05 bits per heavy atom. The van der Waals surface area contributed by atoms with Crippen molar-refractivity contribution in [2.45, 2.75) is 6.04 Å². The highest BCUT2D eigenvalue weighted by Gasteiger charge is 2.16. The molecule has 0 amide bonds. The normalized spacial score (nSPS) is 12.8. The molecule has 0 saturated heterocycles. The van der Waals surface area contributed by atoms with Crippen molar-refractivity contribution in [3.05, 3.63) is 68.3 Å².